The van der Waals surface area contributed by atoms with E-state index < -0.39 is 10.0 Å². The van der Waals surface area contributed by atoms with E-state index in [9.17, 15) is 13.5 Å². The van der Waals surface area contributed by atoms with Crippen molar-refractivity contribution >= 4 is 10.0 Å². The minimum absolute atomic E-state index is 0.0175. The van der Waals surface area contributed by atoms with Gasteiger partial charge in [-0.3, -0.25) is 5.10 Å². The fraction of sp³-hybridized carbons (Fsp3) is 0.750. The van der Waals surface area contributed by atoms with Gasteiger partial charge in [0.25, 0.3) is 10.0 Å². The zero-order chi connectivity index (χ0) is 14.0. The molecule has 1 fully saturated rings. The van der Waals surface area contributed by atoms with Crippen molar-refractivity contribution in [3.8, 4) is 0 Å². The van der Waals surface area contributed by atoms with Crippen LogP contribution in [-0.2, 0) is 16.6 Å². The summed E-state index contributed by atoms with van der Waals surface area (Å²) in [5, 5.41) is 15.8. The fourth-order valence-electron chi connectivity index (χ4n) is 2.55. The molecule has 2 rings (SSSR count). The van der Waals surface area contributed by atoms with Gasteiger partial charge in [0.1, 0.15) is 0 Å². The third kappa shape index (κ3) is 2.68. The Morgan fingerprint density at radius 1 is 1.42 bits per heavy atom. The molecule has 1 unspecified atom stereocenters. The standard InChI is InChI=1S/C12H21N3O3S/c1-9-6-4-3-5-7-15(9)19(17,18)12-11(8-16)10(2)13-14-12/h9,16H,3-8H2,1-2H3,(H,13,14). The molecule has 108 valence electrons. The minimum Gasteiger partial charge on any atom is -0.392 e. The van der Waals surface area contributed by atoms with Crippen molar-refractivity contribution < 1.29 is 13.5 Å². The summed E-state index contributed by atoms with van der Waals surface area (Å²) in [4.78, 5) is 0. The molecule has 1 aromatic heterocycles. The molecule has 1 saturated heterocycles. The number of aliphatic hydroxyl groups excluding tert-OH is 1. The van der Waals surface area contributed by atoms with E-state index in [-0.39, 0.29) is 17.7 Å². The second kappa shape index (κ2) is 5.60. The van der Waals surface area contributed by atoms with Crippen molar-refractivity contribution in [3.63, 3.8) is 0 Å². The van der Waals surface area contributed by atoms with Gasteiger partial charge >= 0.3 is 0 Å². The van der Waals surface area contributed by atoms with Crippen LogP contribution in [-0.4, -0.2) is 40.6 Å². The number of aromatic amines is 1. The van der Waals surface area contributed by atoms with Crippen molar-refractivity contribution in [2.45, 2.75) is 57.2 Å². The van der Waals surface area contributed by atoms with Gasteiger partial charge in [-0.2, -0.15) is 9.40 Å². The number of H-pyrrole nitrogens is 1. The third-order valence-electron chi connectivity index (χ3n) is 3.74. The summed E-state index contributed by atoms with van der Waals surface area (Å²) >= 11 is 0. The first kappa shape index (κ1) is 14.5. The number of aryl methyl sites for hydroxylation is 1. The summed E-state index contributed by atoms with van der Waals surface area (Å²) in [5.41, 5.74) is 0.972. The van der Waals surface area contributed by atoms with Crippen LogP contribution >= 0.6 is 0 Å². The molecule has 1 aliphatic heterocycles. The van der Waals surface area contributed by atoms with Crippen molar-refractivity contribution in [2.75, 3.05) is 6.54 Å². The number of sulfonamides is 1. The lowest BCUT2D eigenvalue weighted by atomic mass is 10.1. The number of nitrogens with zero attached hydrogens (tertiary/aromatic N) is 2. The first-order valence-electron chi connectivity index (χ1n) is 6.65. The quantitative estimate of drug-likeness (QED) is 0.873. The highest BCUT2D eigenvalue weighted by atomic mass is 32.2. The van der Waals surface area contributed by atoms with Crippen LogP contribution in [0.1, 0.15) is 43.9 Å². The predicted octanol–water partition coefficient (Wildman–Crippen LogP) is 1.16. The zero-order valence-electron chi connectivity index (χ0n) is 11.4. The lowest BCUT2D eigenvalue weighted by molar-refractivity contribution is 0.276. The van der Waals surface area contributed by atoms with Crippen LogP contribution < -0.4 is 0 Å². The van der Waals surface area contributed by atoms with E-state index in [1.54, 1.807) is 6.92 Å². The predicted molar refractivity (Wildman–Crippen MR) is 71.1 cm³/mol. The molecule has 2 N–H and O–H groups in total. The third-order valence-corrected chi connectivity index (χ3v) is 5.73. The summed E-state index contributed by atoms with van der Waals surface area (Å²) in [6, 6.07) is -0.0175. The molecule has 0 spiro atoms. The first-order valence-corrected chi connectivity index (χ1v) is 8.09. The number of nitrogens with one attached hydrogen (secondary N) is 1. The molecule has 0 aliphatic carbocycles. The average molecular weight is 287 g/mol. The summed E-state index contributed by atoms with van der Waals surface area (Å²) < 4.78 is 26.9. The molecule has 19 heavy (non-hydrogen) atoms. The summed E-state index contributed by atoms with van der Waals surface area (Å²) in [6.45, 7) is 3.85. The van der Waals surface area contributed by atoms with Gasteiger partial charge in [0.05, 0.1) is 6.61 Å². The molecule has 1 aliphatic rings. The van der Waals surface area contributed by atoms with Gasteiger partial charge in [0, 0.05) is 23.8 Å². The van der Waals surface area contributed by atoms with Gasteiger partial charge in [-0.25, -0.2) is 8.42 Å². The van der Waals surface area contributed by atoms with Crippen LogP contribution in [0.3, 0.4) is 0 Å². The molecular weight excluding hydrogens is 266 g/mol. The number of rotatable bonds is 3. The first-order chi connectivity index (χ1) is 8.98. The van der Waals surface area contributed by atoms with Crippen molar-refractivity contribution in [1.82, 2.24) is 14.5 Å². The summed E-state index contributed by atoms with van der Waals surface area (Å²) in [7, 11) is -3.63. The molecular formula is C12H21N3O3S. The van der Waals surface area contributed by atoms with E-state index in [0.717, 1.165) is 25.7 Å². The maximum atomic E-state index is 12.7. The molecule has 0 aromatic carbocycles. The van der Waals surface area contributed by atoms with E-state index in [1.807, 2.05) is 6.92 Å². The SMILES string of the molecule is Cc1[nH]nc(S(=O)(=O)N2CCCCCC2C)c1CO. The van der Waals surface area contributed by atoms with Gasteiger partial charge in [-0.15, -0.1) is 0 Å². The minimum atomic E-state index is -3.63. The second-order valence-electron chi connectivity index (χ2n) is 5.10. The largest absolute Gasteiger partial charge is 0.392 e. The molecule has 7 heteroatoms. The highest BCUT2D eigenvalue weighted by molar-refractivity contribution is 7.89. The molecule has 0 amide bonds. The Bertz CT molecular complexity index is 538. The van der Waals surface area contributed by atoms with Crippen LogP contribution in [0, 0.1) is 6.92 Å². The Hall–Kier alpha value is -0.920. The van der Waals surface area contributed by atoms with Crippen LogP contribution in [0.5, 0.6) is 0 Å². The van der Waals surface area contributed by atoms with Crippen molar-refractivity contribution in [1.29, 1.82) is 0 Å². The molecule has 0 radical (unpaired) electrons. The number of hydrogen-bond donors (Lipinski definition) is 2. The van der Waals surface area contributed by atoms with Gasteiger partial charge in [-0.05, 0) is 26.7 Å². The lowest BCUT2D eigenvalue weighted by Gasteiger charge is -2.25. The number of aliphatic hydroxyl groups is 1. The van der Waals surface area contributed by atoms with Crippen LogP contribution in [0.15, 0.2) is 5.03 Å². The summed E-state index contributed by atoms with van der Waals surface area (Å²) in [6.07, 6.45) is 3.86. The van der Waals surface area contributed by atoms with Crippen LogP contribution in [0.25, 0.3) is 0 Å². The Labute approximate surface area is 113 Å². The van der Waals surface area contributed by atoms with E-state index in [2.05, 4.69) is 10.2 Å². The molecule has 1 aromatic rings. The topological polar surface area (TPSA) is 86.3 Å². The highest BCUT2D eigenvalue weighted by Crippen LogP contribution is 2.26. The maximum absolute atomic E-state index is 12.7. The van der Waals surface area contributed by atoms with Gasteiger partial charge < -0.3 is 5.11 Å². The Morgan fingerprint density at radius 3 is 2.84 bits per heavy atom. The number of aromatic nitrogens is 2. The lowest BCUT2D eigenvalue weighted by Crippen LogP contribution is -2.38. The Kier molecular flexibility index (Phi) is 4.27. The molecule has 1 atom stereocenters. The molecule has 0 saturated carbocycles. The van der Waals surface area contributed by atoms with E-state index in [4.69, 9.17) is 0 Å². The Morgan fingerprint density at radius 2 is 2.16 bits per heavy atom. The average Bonchev–Trinajstić information content (AvgIpc) is 2.60. The normalized spacial score (nSPS) is 22.4. The molecule has 0 bridgehead atoms. The maximum Gasteiger partial charge on any atom is 0.262 e. The fourth-order valence-corrected chi connectivity index (χ4v) is 4.41. The van der Waals surface area contributed by atoms with Crippen molar-refractivity contribution in [3.05, 3.63) is 11.3 Å². The van der Waals surface area contributed by atoms with Crippen molar-refractivity contribution in [2.24, 2.45) is 0 Å². The van der Waals surface area contributed by atoms with Gasteiger partial charge in [0.15, 0.2) is 5.03 Å². The smallest absolute Gasteiger partial charge is 0.262 e. The van der Waals surface area contributed by atoms with Crippen LogP contribution in [0.4, 0.5) is 0 Å². The van der Waals surface area contributed by atoms with Gasteiger partial charge in [-0.1, -0.05) is 12.8 Å². The van der Waals surface area contributed by atoms with Gasteiger partial charge in [0.2, 0.25) is 0 Å². The highest BCUT2D eigenvalue weighted by Gasteiger charge is 2.34. The Balaban J connectivity index is 2.40. The van der Waals surface area contributed by atoms with E-state index >= 15 is 0 Å². The zero-order valence-corrected chi connectivity index (χ0v) is 12.2. The number of hydrogen-bond acceptors (Lipinski definition) is 4. The van der Waals surface area contributed by atoms with E-state index in [0.29, 0.717) is 17.8 Å². The summed E-state index contributed by atoms with van der Waals surface area (Å²) in [5.74, 6) is 0. The molecule has 6 nitrogen and oxygen atoms in total. The molecule has 2 heterocycles. The second-order valence-corrected chi connectivity index (χ2v) is 6.91. The monoisotopic (exact) mass is 287 g/mol. The van der Waals surface area contributed by atoms with Crippen LogP contribution in [0.2, 0.25) is 0 Å². The van der Waals surface area contributed by atoms with E-state index in [1.165, 1.54) is 4.31 Å².